The van der Waals surface area contributed by atoms with E-state index < -0.39 is 12.3 Å². The molecule has 3 aromatic rings. The van der Waals surface area contributed by atoms with E-state index in [0.717, 1.165) is 12.8 Å². The quantitative estimate of drug-likeness (QED) is 0.332. The second kappa shape index (κ2) is 11.6. The number of alkyl halides is 3. The Morgan fingerprint density at radius 3 is 2.40 bits per heavy atom. The Labute approximate surface area is 228 Å². The van der Waals surface area contributed by atoms with Crippen LogP contribution in [0.5, 0.6) is 5.75 Å². The first-order chi connectivity index (χ1) is 19.2. The predicted molar refractivity (Wildman–Crippen MR) is 137 cm³/mol. The molecular formula is C28H28F3N3O6. The van der Waals surface area contributed by atoms with Crippen molar-refractivity contribution in [1.29, 1.82) is 0 Å². The molecule has 0 radical (unpaired) electrons. The maximum absolute atomic E-state index is 13.0. The summed E-state index contributed by atoms with van der Waals surface area (Å²) in [5.41, 5.74) is 2.02. The number of amides is 2. The third kappa shape index (κ3) is 6.56. The Morgan fingerprint density at radius 2 is 1.75 bits per heavy atom. The van der Waals surface area contributed by atoms with Crippen LogP contribution in [0, 0.1) is 0 Å². The molecular weight excluding hydrogens is 531 g/mol. The molecule has 1 aromatic heterocycles. The molecule has 5 rings (SSSR count). The number of nitrogens with zero attached hydrogens (tertiary/aromatic N) is 2. The van der Waals surface area contributed by atoms with E-state index in [4.69, 9.17) is 9.26 Å². The van der Waals surface area contributed by atoms with Crippen LogP contribution in [-0.4, -0.2) is 54.7 Å². The van der Waals surface area contributed by atoms with E-state index >= 15 is 0 Å². The zero-order valence-corrected chi connectivity index (χ0v) is 21.7. The fourth-order valence-electron chi connectivity index (χ4n) is 4.65. The fraction of sp³-hybridized carbons (Fsp3) is 0.393. The summed E-state index contributed by atoms with van der Waals surface area (Å²) in [7, 11) is 1.30. The lowest BCUT2D eigenvalue weighted by molar-refractivity contribution is -0.274. The number of methoxy groups -OCH3 is 1. The van der Waals surface area contributed by atoms with E-state index in [1.54, 1.807) is 35.2 Å². The van der Waals surface area contributed by atoms with Crippen LogP contribution in [0.4, 0.5) is 23.7 Å². The monoisotopic (exact) mass is 559 g/mol. The molecule has 12 heteroatoms. The number of carbonyl (C=O) groups is 2. The Balaban J connectivity index is 1.20. The van der Waals surface area contributed by atoms with E-state index in [2.05, 4.69) is 19.9 Å². The minimum atomic E-state index is -4.84. The van der Waals surface area contributed by atoms with E-state index in [1.165, 1.54) is 25.3 Å². The van der Waals surface area contributed by atoms with Crippen LogP contribution in [0.3, 0.4) is 0 Å². The van der Waals surface area contributed by atoms with E-state index in [0.29, 0.717) is 48.5 Å². The van der Waals surface area contributed by atoms with Gasteiger partial charge in [-0.2, -0.15) is 0 Å². The molecule has 1 aliphatic heterocycles. The molecule has 2 amide bonds. The van der Waals surface area contributed by atoms with Crippen LogP contribution in [0.1, 0.15) is 53.3 Å². The number of para-hydroxylation sites is 1. The minimum absolute atomic E-state index is 0.119. The maximum atomic E-state index is 13.0. The number of ether oxygens (including phenoxy) is 3. The molecule has 2 heterocycles. The summed E-state index contributed by atoms with van der Waals surface area (Å²) < 4.78 is 59.7. The van der Waals surface area contributed by atoms with Crippen molar-refractivity contribution in [3.8, 4) is 17.0 Å². The molecule has 1 N–H and O–H groups in total. The molecule has 1 saturated heterocycles. The molecule has 0 bridgehead atoms. The van der Waals surface area contributed by atoms with Gasteiger partial charge in [-0.05, 0) is 62.1 Å². The van der Waals surface area contributed by atoms with Gasteiger partial charge < -0.3 is 29.0 Å². The third-order valence-electron chi connectivity index (χ3n) is 6.88. The van der Waals surface area contributed by atoms with E-state index in [9.17, 15) is 22.8 Å². The highest BCUT2D eigenvalue weighted by molar-refractivity contribution is 5.92. The van der Waals surface area contributed by atoms with Crippen LogP contribution in [-0.2, 0) is 16.1 Å². The first kappa shape index (κ1) is 27.5. The van der Waals surface area contributed by atoms with Crippen molar-refractivity contribution in [1.82, 2.24) is 10.1 Å². The molecule has 1 saturated carbocycles. The average Bonchev–Trinajstić information content (AvgIpc) is 3.70. The van der Waals surface area contributed by atoms with Crippen LogP contribution >= 0.6 is 0 Å². The van der Waals surface area contributed by atoms with Crippen LogP contribution < -0.4 is 10.1 Å². The molecule has 9 nitrogen and oxygen atoms in total. The van der Waals surface area contributed by atoms with Crippen LogP contribution in [0.25, 0.3) is 11.3 Å². The average molecular weight is 560 g/mol. The van der Waals surface area contributed by atoms with Gasteiger partial charge in [-0.25, -0.2) is 9.59 Å². The van der Waals surface area contributed by atoms with Crippen LogP contribution in [0.15, 0.2) is 53.1 Å². The SMILES string of the molecule is COC(=O)c1ccc(NC(=O)N2CCC(OCc3c(-c4ccccc4OC(F)(F)F)noc3C3CC3)CC2)cc1. The largest absolute Gasteiger partial charge is 0.573 e. The zero-order valence-electron chi connectivity index (χ0n) is 21.7. The highest BCUT2D eigenvalue weighted by Crippen LogP contribution is 2.45. The van der Waals surface area contributed by atoms with Crippen molar-refractivity contribution >= 4 is 17.7 Å². The molecule has 212 valence electrons. The standard InChI is InChI=1S/C28H28F3N3O6/c1-37-26(35)18-8-10-19(11-9-18)32-27(36)34-14-12-20(13-15-34)38-16-22-24(33-40-25(22)17-6-7-17)21-4-2-3-5-23(21)39-28(29,30)31/h2-5,8-11,17,20H,6-7,12-16H2,1H3,(H,32,36). The number of likely N-dealkylation sites (tertiary alicyclic amines) is 1. The van der Waals surface area contributed by atoms with Gasteiger partial charge in [0.15, 0.2) is 0 Å². The summed E-state index contributed by atoms with van der Waals surface area (Å²) in [5.74, 6) is -0.0119. The lowest BCUT2D eigenvalue weighted by atomic mass is 10.0. The Kier molecular flexibility index (Phi) is 7.97. The second-order valence-electron chi connectivity index (χ2n) is 9.69. The van der Waals surface area contributed by atoms with Crippen molar-refractivity contribution in [2.75, 3.05) is 25.5 Å². The first-order valence-electron chi connectivity index (χ1n) is 12.9. The highest BCUT2D eigenvalue weighted by atomic mass is 19.4. The molecule has 1 aliphatic carbocycles. The molecule has 40 heavy (non-hydrogen) atoms. The summed E-state index contributed by atoms with van der Waals surface area (Å²) in [4.78, 5) is 26.0. The Hall–Kier alpha value is -4.06. The van der Waals surface area contributed by atoms with E-state index in [-0.39, 0.29) is 41.7 Å². The number of anilines is 1. The smallest absolute Gasteiger partial charge is 0.465 e. The fourth-order valence-corrected chi connectivity index (χ4v) is 4.65. The minimum Gasteiger partial charge on any atom is -0.465 e. The lowest BCUT2D eigenvalue weighted by Gasteiger charge is -2.32. The van der Waals surface area contributed by atoms with Crippen molar-refractivity contribution < 1.29 is 41.5 Å². The first-order valence-corrected chi connectivity index (χ1v) is 12.9. The van der Waals surface area contributed by atoms with Crippen LogP contribution in [0.2, 0.25) is 0 Å². The number of rotatable bonds is 8. The van der Waals surface area contributed by atoms with Gasteiger partial charge in [-0.1, -0.05) is 17.3 Å². The number of hydrogen-bond donors (Lipinski definition) is 1. The number of carbonyl (C=O) groups excluding carboxylic acids is 2. The number of nitrogens with one attached hydrogen (secondary N) is 1. The number of aromatic nitrogens is 1. The van der Waals surface area contributed by atoms with Gasteiger partial charge in [0.05, 0.1) is 25.4 Å². The molecule has 2 aliphatic rings. The van der Waals surface area contributed by atoms with Gasteiger partial charge in [-0.15, -0.1) is 13.2 Å². The number of urea groups is 1. The molecule has 2 aromatic carbocycles. The summed E-state index contributed by atoms with van der Waals surface area (Å²) in [6.07, 6.45) is -1.99. The third-order valence-corrected chi connectivity index (χ3v) is 6.88. The zero-order chi connectivity index (χ0) is 28.3. The van der Waals surface area contributed by atoms with Gasteiger partial charge in [-0.3, -0.25) is 0 Å². The number of halogens is 3. The highest BCUT2D eigenvalue weighted by Gasteiger charge is 2.36. The van der Waals surface area contributed by atoms with Crippen molar-refractivity contribution in [3.63, 3.8) is 0 Å². The number of piperidine rings is 1. The summed E-state index contributed by atoms with van der Waals surface area (Å²) in [6, 6.07) is 12.0. The van der Waals surface area contributed by atoms with Gasteiger partial charge in [0.25, 0.3) is 0 Å². The molecule has 0 atom stereocenters. The lowest BCUT2D eigenvalue weighted by Crippen LogP contribution is -2.43. The van der Waals surface area contributed by atoms with Gasteiger partial charge in [0.2, 0.25) is 0 Å². The Morgan fingerprint density at radius 1 is 1.05 bits per heavy atom. The van der Waals surface area contributed by atoms with Crippen molar-refractivity contribution in [3.05, 3.63) is 65.4 Å². The summed E-state index contributed by atoms with van der Waals surface area (Å²) in [5, 5.41) is 6.93. The van der Waals surface area contributed by atoms with E-state index in [1.807, 2.05) is 0 Å². The molecule has 0 spiro atoms. The normalized spacial score (nSPS) is 16.1. The van der Waals surface area contributed by atoms with Gasteiger partial charge in [0, 0.05) is 35.8 Å². The topological polar surface area (TPSA) is 103 Å². The summed E-state index contributed by atoms with van der Waals surface area (Å²) in [6.45, 7) is 1.05. The van der Waals surface area contributed by atoms with Gasteiger partial charge in [0.1, 0.15) is 17.2 Å². The number of benzene rings is 2. The van der Waals surface area contributed by atoms with Crippen molar-refractivity contribution in [2.24, 2.45) is 0 Å². The maximum Gasteiger partial charge on any atom is 0.573 e. The number of hydrogen-bond acceptors (Lipinski definition) is 7. The van der Waals surface area contributed by atoms with Gasteiger partial charge >= 0.3 is 18.4 Å². The second-order valence-corrected chi connectivity index (χ2v) is 9.69. The van der Waals surface area contributed by atoms with Crippen molar-refractivity contribution in [2.45, 2.75) is 50.7 Å². The Bertz CT molecular complexity index is 1350. The number of esters is 1. The molecule has 0 unspecified atom stereocenters. The summed E-state index contributed by atoms with van der Waals surface area (Å²) >= 11 is 0. The molecule has 2 fully saturated rings. The predicted octanol–water partition coefficient (Wildman–Crippen LogP) is 6.12.